The van der Waals surface area contributed by atoms with Crippen molar-refractivity contribution in [2.24, 2.45) is 11.8 Å². The fourth-order valence-electron chi connectivity index (χ4n) is 10.4. The minimum Gasteiger partial charge on any atom is -0.462 e. The van der Waals surface area contributed by atoms with Crippen molar-refractivity contribution < 1.29 is 80.2 Å². The molecule has 91 heavy (non-hydrogen) atoms. The fourth-order valence-corrected chi connectivity index (χ4v) is 12.0. The Morgan fingerprint density at radius 2 is 0.648 bits per heavy atom. The van der Waals surface area contributed by atoms with E-state index >= 15 is 0 Å². The zero-order chi connectivity index (χ0) is 67.2. The number of unbranched alkanes of at least 4 members (excludes halogenated alkanes) is 35. The molecule has 0 fully saturated rings. The first-order valence-corrected chi connectivity index (χ1v) is 39.8. The molecule has 0 amide bonds. The lowest BCUT2D eigenvalue weighted by atomic mass is 9.99. The molecule has 3 unspecified atom stereocenters. The van der Waals surface area contributed by atoms with E-state index in [9.17, 15) is 43.2 Å². The molecule has 0 aromatic carbocycles. The molecule has 3 N–H and O–H groups in total. The SMILES string of the molecule is CCCCCC/C=C\C=C/CCCCCCCC(=O)OC[C@H](COP(=O)(O)OC[C@@H](O)COP(=O)(O)OC[C@@H](COC(=O)CCCCCCC)OC(=O)CCCCCCCCCCCCC(C)CC)OC(=O)CCCCCCCCCCCCCCCCC(C)C. The van der Waals surface area contributed by atoms with Gasteiger partial charge in [-0.15, -0.1) is 0 Å². The van der Waals surface area contributed by atoms with Gasteiger partial charge in [-0.1, -0.05) is 291 Å². The minimum atomic E-state index is -4.96. The van der Waals surface area contributed by atoms with Crippen molar-refractivity contribution in [3.63, 3.8) is 0 Å². The number of phosphoric ester groups is 2. The molecule has 0 saturated carbocycles. The summed E-state index contributed by atoms with van der Waals surface area (Å²) in [6.45, 7) is 9.45. The second-order valence-corrected chi connectivity index (χ2v) is 28.9. The summed E-state index contributed by atoms with van der Waals surface area (Å²) in [5.74, 6) is -0.568. The van der Waals surface area contributed by atoms with Crippen LogP contribution in [0.4, 0.5) is 0 Å². The second-order valence-electron chi connectivity index (χ2n) is 26.0. The summed E-state index contributed by atoms with van der Waals surface area (Å²) >= 11 is 0. The van der Waals surface area contributed by atoms with Gasteiger partial charge in [0.05, 0.1) is 26.4 Å². The van der Waals surface area contributed by atoms with Crippen LogP contribution in [0, 0.1) is 11.8 Å². The normalized spacial score (nSPS) is 14.6. The Morgan fingerprint density at radius 1 is 0.363 bits per heavy atom. The molecule has 0 bridgehead atoms. The Bertz CT molecular complexity index is 1860. The van der Waals surface area contributed by atoms with Crippen LogP contribution in [0.2, 0.25) is 0 Å². The van der Waals surface area contributed by atoms with E-state index in [1.807, 2.05) is 0 Å². The van der Waals surface area contributed by atoms with Gasteiger partial charge in [0.2, 0.25) is 0 Å². The molecule has 0 radical (unpaired) electrons. The fraction of sp³-hybridized carbons (Fsp3) is 0.889. The van der Waals surface area contributed by atoms with Crippen LogP contribution in [0.1, 0.15) is 343 Å². The second kappa shape index (κ2) is 63.6. The van der Waals surface area contributed by atoms with Gasteiger partial charge >= 0.3 is 39.5 Å². The quantitative estimate of drug-likeness (QED) is 0.0169. The maximum Gasteiger partial charge on any atom is 0.472 e. The summed E-state index contributed by atoms with van der Waals surface area (Å²) in [6, 6.07) is 0. The molecule has 0 aromatic rings. The first kappa shape index (κ1) is 88.5. The van der Waals surface area contributed by atoms with E-state index in [0.717, 1.165) is 127 Å². The topological polar surface area (TPSA) is 237 Å². The molecule has 0 heterocycles. The molecule has 0 aliphatic carbocycles. The average molecular weight is 1340 g/mol. The number of hydrogen-bond acceptors (Lipinski definition) is 15. The molecule has 0 aliphatic rings. The average Bonchev–Trinajstić information content (AvgIpc) is 3.44. The first-order chi connectivity index (χ1) is 43.9. The molecule has 536 valence electrons. The lowest BCUT2D eigenvalue weighted by molar-refractivity contribution is -0.161. The zero-order valence-corrected chi connectivity index (χ0v) is 60.4. The predicted molar refractivity (Wildman–Crippen MR) is 367 cm³/mol. The summed E-state index contributed by atoms with van der Waals surface area (Å²) in [5, 5.41) is 10.6. The minimum absolute atomic E-state index is 0.100. The van der Waals surface area contributed by atoms with E-state index in [4.69, 9.17) is 37.0 Å². The molecule has 6 atom stereocenters. The molecule has 19 heteroatoms. The monoisotopic (exact) mass is 1330 g/mol. The Balaban J connectivity index is 5.20. The Hall–Kier alpha value is -2.46. The van der Waals surface area contributed by atoms with E-state index in [1.54, 1.807) is 0 Å². The van der Waals surface area contributed by atoms with E-state index in [2.05, 4.69) is 65.8 Å². The number of aliphatic hydroxyl groups is 1. The van der Waals surface area contributed by atoms with Crippen molar-refractivity contribution in [1.82, 2.24) is 0 Å². The number of ether oxygens (including phenoxy) is 4. The molecule has 17 nitrogen and oxygen atoms in total. The zero-order valence-electron chi connectivity index (χ0n) is 58.6. The largest absolute Gasteiger partial charge is 0.472 e. The van der Waals surface area contributed by atoms with Crippen molar-refractivity contribution in [3.05, 3.63) is 24.3 Å². The van der Waals surface area contributed by atoms with Crippen LogP contribution in [0.15, 0.2) is 24.3 Å². The van der Waals surface area contributed by atoms with Crippen LogP contribution >= 0.6 is 15.6 Å². The predicted octanol–water partition coefficient (Wildman–Crippen LogP) is 20.3. The number of allylic oxidation sites excluding steroid dienone is 4. The Kier molecular flexibility index (Phi) is 61.9. The van der Waals surface area contributed by atoms with Crippen LogP contribution in [-0.4, -0.2) is 96.7 Å². The van der Waals surface area contributed by atoms with Crippen LogP contribution in [0.5, 0.6) is 0 Å². The van der Waals surface area contributed by atoms with Crippen molar-refractivity contribution >= 4 is 39.5 Å². The van der Waals surface area contributed by atoms with Gasteiger partial charge in [-0.25, -0.2) is 9.13 Å². The van der Waals surface area contributed by atoms with Gasteiger partial charge in [0, 0.05) is 25.7 Å². The molecule has 0 spiro atoms. The third-order valence-electron chi connectivity index (χ3n) is 16.4. The first-order valence-electron chi connectivity index (χ1n) is 36.8. The highest BCUT2D eigenvalue weighted by atomic mass is 31.2. The Labute approximate surface area is 554 Å². The number of esters is 4. The van der Waals surface area contributed by atoms with E-state index in [0.29, 0.717) is 25.7 Å². The summed E-state index contributed by atoms with van der Waals surface area (Å²) in [7, 11) is -9.91. The third kappa shape index (κ3) is 64.6. The van der Waals surface area contributed by atoms with Gasteiger partial charge in [0.25, 0.3) is 0 Å². The summed E-state index contributed by atoms with van der Waals surface area (Å²) in [6.07, 6.45) is 52.4. The smallest absolute Gasteiger partial charge is 0.462 e. The molecule has 0 aliphatic heterocycles. The van der Waals surface area contributed by atoms with Crippen molar-refractivity contribution in [3.8, 4) is 0 Å². The summed E-state index contributed by atoms with van der Waals surface area (Å²) in [4.78, 5) is 72.3. The molecular weight excluding hydrogens is 1200 g/mol. The number of hydrogen-bond donors (Lipinski definition) is 3. The molecule has 0 saturated heterocycles. The number of rotatable bonds is 69. The summed E-state index contributed by atoms with van der Waals surface area (Å²) in [5.41, 5.74) is 0. The van der Waals surface area contributed by atoms with Crippen molar-refractivity contribution in [1.29, 1.82) is 0 Å². The highest BCUT2D eigenvalue weighted by Gasteiger charge is 2.30. The van der Waals surface area contributed by atoms with Crippen molar-refractivity contribution in [2.75, 3.05) is 39.6 Å². The number of aliphatic hydroxyl groups excluding tert-OH is 1. The molecule has 0 rings (SSSR count). The third-order valence-corrected chi connectivity index (χ3v) is 18.3. The van der Waals surface area contributed by atoms with E-state index in [1.165, 1.54) is 135 Å². The highest BCUT2D eigenvalue weighted by Crippen LogP contribution is 2.45. The lowest BCUT2D eigenvalue weighted by Gasteiger charge is -2.21. The maximum atomic E-state index is 13.0. The number of carbonyl (C=O) groups excluding carboxylic acids is 4. The maximum absolute atomic E-state index is 13.0. The van der Waals surface area contributed by atoms with Crippen LogP contribution in [-0.2, 0) is 65.4 Å². The van der Waals surface area contributed by atoms with E-state index in [-0.39, 0.29) is 25.7 Å². The van der Waals surface area contributed by atoms with Gasteiger partial charge in [0.1, 0.15) is 19.3 Å². The summed E-state index contributed by atoms with van der Waals surface area (Å²) < 4.78 is 68.1. The van der Waals surface area contributed by atoms with Gasteiger partial charge in [-0.3, -0.25) is 37.3 Å². The highest BCUT2D eigenvalue weighted by molar-refractivity contribution is 7.47. The lowest BCUT2D eigenvalue weighted by Crippen LogP contribution is -2.30. The molecular formula is C72H136O17P2. The van der Waals surface area contributed by atoms with Gasteiger partial charge in [-0.05, 0) is 63.2 Å². The van der Waals surface area contributed by atoms with Crippen LogP contribution in [0.25, 0.3) is 0 Å². The number of carbonyl (C=O) groups is 4. The van der Waals surface area contributed by atoms with Crippen LogP contribution < -0.4 is 0 Å². The van der Waals surface area contributed by atoms with E-state index < -0.39 is 97.5 Å². The van der Waals surface area contributed by atoms with Crippen molar-refractivity contribution in [2.45, 2.75) is 362 Å². The number of phosphoric acid groups is 2. The molecule has 0 aromatic heterocycles. The standard InChI is InChI=1S/C72H136O17P2/c1-7-10-12-14-15-16-17-18-19-23-26-32-37-43-49-55-70(75)83-61-68(89-72(77)56-50-44-38-33-27-24-21-20-22-25-30-35-41-46-52-64(4)5)63-87-91(80,81)85-59-66(73)58-84-90(78,79)86-62-67(60-82-69(74)54-48-40-13-11-8-2)88-71(76)57-51-45-39-34-29-28-31-36-42-47-53-65(6)9-3/h16-19,64-68,73H,7-15,20-63H2,1-6H3,(H,78,79)(H,80,81)/b17-16-,19-18-/t65?,66-,67+,68+/m0/s1. The van der Waals surface area contributed by atoms with Gasteiger partial charge in [0.15, 0.2) is 12.2 Å². The van der Waals surface area contributed by atoms with Gasteiger partial charge in [-0.2, -0.15) is 0 Å². The van der Waals surface area contributed by atoms with Crippen LogP contribution in [0.3, 0.4) is 0 Å². The van der Waals surface area contributed by atoms with Gasteiger partial charge < -0.3 is 33.8 Å². The Morgan fingerprint density at radius 3 is 0.989 bits per heavy atom.